The maximum atomic E-state index is 12.0. The molecule has 0 spiro atoms. The number of fused-ring (bicyclic) bond motifs is 1. The van der Waals surface area contributed by atoms with Crippen LogP contribution >= 0.6 is 11.6 Å². The van der Waals surface area contributed by atoms with E-state index in [9.17, 15) is 30.0 Å². The highest BCUT2D eigenvalue weighted by atomic mass is 35.5. The highest BCUT2D eigenvalue weighted by molar-refractivity contribution is 6.28. The molecule has 4 heterocycles. The Bertz CT molecular complexity index is 1310. The predicted octanol–water partition coefficient (Wildman–Crippen LogP) is -1.43. The van der Waals surface area contributed by atoms with Gasteiger partial charge in [-0.05, 0) is 17.7 Å². The van der Waals surface area contributed by atoms with Crippen LogP contribution in [-0.4, -0.2) is 92.1 Å². The number of anilines is 1. The first-order valence-electron chi connectivity index (χ1n) is 9.81. The Morgan fingerprint density at radius 2 is 2.11 bits per heavy atom. The van der Waals surface area contributed by atoms with Crippen LogP contribution in [0.3, 0.4) is 0 Å². The maximum Gasteiger partial charge on any atom is 0.348 e. The molecule has 0 aromatic carbocycles. The number of carboxylic acid groups (broad SMARTS) is 2. The monoisotopic (exact) mass is 507 g/mol. The Hall–Kier alpha value is -3.81. The van der Waals surface area contributed by atoms with Crippen molar-refractivity contribution >= 4 is 40.5 Å². The van der Waals surface area contributed by atoms with Crippen LogP contribution in [0.15, 0.2) is 18.6 Å². The van der Waals surface area contributed by atoms with Crippen LogP contribution in [0.25, 0.3) is 11.2 Å². The fourth-order valence-electron chi connectivity index (χ4n) is 3.70. The van der Waals surface area contributed by atoms with E-state index in [4.69, 9.17) is 33.2 Å². The summed E-state index contributed by atoms with van der Waals surface area (Å²) in [6.07, 6.45) is 2.55. The van der Waals surface area contributed by atoms with E-state index in [0.29, 0.717) is 0 Å². The smallest absolute Gasteiger partial charge is 0.348 e. The van der Waals surface area contributed by atoms with Gasteiger partial charge in [0.1, 0.15) is 17.7 Å². The molecular weight excluding hydrogens is 490 g/mol. The SMILES string of the molecule is C#C[C@@]1(O)[C@@H](COC(Cc2ccn[nH]2)(C(=O)O)C(=O)O)O[C@@H](n2cnc3c(N)nc(Cl)nc32)[C@@H]1O. The number of halogens is 1. The van der Waals surface area contributed by atoms with Gasteiger partial charge in [0.15, 0.2) is 23.3 Å². The van der Waals surface area contributed by atoms with Crippen LogP contribution in [0, 0.1) is 12.3 Å². The van der Waals surface area contributed by atoms with Gasteiger partial charge in [-0.2, -0.15) is 15.1 Å². The zero-order chi connectivity index (χ0) is 25.5. The average Bonchev–Trinajstić information content (AvgIpc) is 3.51. The molecule has 0 aliphatic carbocycles. The Labute approximate surface area is 200 Å². The molecule has 35 heavy (non-hydrogen) atoms. The van der Waals surface area contributed by atoms with Gasteiger partial charge < -0.3 is 35.6 Å². The molecule has 3 aromatic rings. The van der Waals surface area contributed by atoms with Crippen molar-refractivity contribution in [3.63, 3.8) is 0 Å². The summed E-state index contributed by atoms with van der Waals surface area (Å²) in [6, 6.07) is 1.37. The number of ether oxygens (including phenoxy) is 2. The molecule has 0 radical (unpaired) electrons. The third-order valence-electron chi connectivity index (χ3n) is 5.61. The van der Waals surface area contributed by atoms with E-state index in [1.807, 2.05) is 5.92 Å². The highest BCUT2D eigenvalue weighted by Gasteiger charge is 2.58. The summed E-state index contributed by atoms with van der Waals surface area (Å²) in [5.41, 5.74) is 0.922. The Balaban J connectivity index is 1.65. The summed E-state index contributed by atoms with van der Waals surface area (Å²) in [6.45, 7) is -0.828. The maximum absolute atomic E-state index is 12.0. The number of rotatable bonds is 8. The molecule has 0 amide bonds. The summed E-state index contributed by atoms with van der Waals surface area (Å²) in [5, 5.41) is 47.1. The number of hydrogen-bond acceptors (Lipinski definition) is 11. The molecule has 0 saturated carbocycles. The Kier molecular flexibility index (Phi) is 6.09. The second-order valence-corrected chi connectivity index (χ2v) is 7.98. The third kappa shape index (κ3) is 3.92. The van der Waals surface area contributed by atoms with E-state index >= 15 is 0 Å². The number of nitrogen functional groups attached to an aromatic ring is 1. The number of hydrogen-bond donors (Lipinski definition) is 6. The number of imidazole rings is 1. The van der Waals surface area contributed by atoms with Crippen LogP contribution in [0.5, 0.6) is 0 Å². The number of terminal acetylenes is 1. The number of nitrogens with one attached hydrogen (secondary N) is 1. The van der Waals surface area contributed by atoms with Crippen molar-refractivity contribution in [3.8, 4) is 12.3 Å². The summed E-state index contributed by atoms with van der Waals surface area (Å²) in [7, 11) is 0. The standard InChI is InChI=1S/C19H18ClN7O8/c1-2-18(33)9(6-34-19(15(29)30,16(31)32)5-8-3-4-23-26-8)35-14(11(18)28)27-7-22-10-12(21)24-17(20)25-13(10)27/h1,3-4,7,9,11,14,28,33H,5-6H2,(H,23,26)(H,29,30)(H,31,32)(H2,21,24,25)/t9-,11+,14-,18-/m1/s1. The second kappa shape index (κ2) is 8.76. The minimum absolute atomic E-state index is 0.0511. The van der Waals surface area contributed by atoms with Gasteiger partial charge in [0.2, 0.25) is 5.28 Å². The molecular formula is C19H18ClN7O8. The van der Waals surface area contributed by atoms with Crippen molar-refractivity contribution in [1.29, 1.82) is 0 Å². The molecule has 7 N–H and O–H groups in total. The number of aromatic nitrogens is 6. The lowest BCUT2D eigenvalue weighted by atomic mass is 9.92. The molecule has 4 rings (SSSR count). The third-order valence-corrected chi connectivity index (χ3v) is 5.78. The van der Waals surface area contributed by atoms with Gasteiger partial charge in [0.05, 0.1) is 12.9 Å². The van der Waals surface area contributed by atoms with Crippen LogP contribution in [-0.2, 0) is 25.5 Å². The summed E-state index contributed by atoms with van der Waals surface area (Å²) in [4.78, 5) is 35.8. The van der Waals surface area contributed by atoms with Crippen molar-refractivity contribution < 1.29 is 39.5 Å². The van der Waals surface area contributed by atoms with E-state index in [1.165, 1.54) is 23.2 Å². The van der Waals surface area contributed by atoms with Crippen LogP contribution in [0.4, 0.5) is 5.82 Å². The van der Waals surface area contributed by atoms with E-state index < -0.39 is 54.6 Å². The van der Waals surface area contributed by atoms with Crippen molar-refractivity contribution in [2.75, 3.05) is 12.3 Å². The van der Waals surface area contributed by atoms with E-state index in [2.05, 4.69) is 25.1 Å². The van der Waals surface area contributed by atoms with Crippen molar-refractivity contribution in [1.82, 2.24) is 29.7 Å². The van der Waals surface area contributed by atoms with Gasteiger partial charge in [0, 0.05) is 18.3 Å². The molecule has 1 aliphatic rings. The number of carboxylic acids is 2. The number of aliphatic hydroxyl groups excluding tert-OH is 1. The predicted molar refractivity (Wildman–Crippen MR) is 115 cm³/mol. The van der Waals surface area contributed by atoms with E-state index in [-0.39, 0.29) is 28.0 Å². The Morgan fingerprint density at radius 3 is 2.71 bits per heavy atom. The van der Waals surface area contributed by atoms with Gasteiger partial charge in [-0.1, -0.05) is 5.92 Å². The molecule has 4 atom stereocenters. The lowest BCUT2D eigenvalue weighted by molar-refractivity contribution is -0.191. The van der Waals surface area contributed by atoms with Gasteiger partial charge in [-0.3, -0.25) is 9.67 Å². The molecule has 16 heteroatoms. The number of nitrogens with zero attached hydrogens (tertiary/aromatic N) is 5. The fourth-order valence-corrected chi connectivity index (χ4v) is 3.87. The zero-order valence-electron chi connectivity index (χ0n) is 17.6. The van der Waals surface area contributed by atoms with Gasteiger partial charge in [-0.25, -0.2) is 14.6 Å². The number of carbonyl (C=O) groups is 2. The molecule has 3 aromatic heterocycles. The molecule has 0 unspecified atom stereocenters. The molecule has 0 bridgehead atoms. The van der Waals surface area contributed by atoms with E-state index in [1.54, 1.807) is 0 Å². The van der Waals surface area contributed by atoms with Crippen LogP contribution in [0.2, 0.25) is 5.28 Å². The summed E-state index contributed by atoms with van der Waals surface area (Å²) in [5.74, 6) is -1.67. The number of aliphatic hydroxyl groups is 2. The van der Waals surface area contributed by atoms with Crippen molar-refractivity contribution in [2.45, 2.75) is 36.1 Å². The number of H-pyrrole nitrogens is 1. The van der Waals surface area contributed by atoms with Crippen molar-refractivity contribution in [3.05, 3.63) is 29.6 Å². The number of aliphatic carboxylic acids is 2. The van der Waals surface area contributed by atoms with Crippen LogP contribution in [0.1, 0.15) is 11.9 Å². The number of aromatic amines is 1. The van der Waals surface area contributed by atoms with Gasteiger partial charge in [-0.15, -0.1) is 6.42 Å². The minimum atomic E-state index is -2.79. The largest absolute Gasteiger partial charge is 0.479 e. The normalized spacial score (nSPS) is 24.5. The average molecular weight is 508 g/mol. The quantitative estimate of drug-likeness (QED) is 0.117. The van der Waals surface area contributed by atoms with E-state index in [0.717, 1.165) is 0 Å². The topological polar surface area (TPSA) is 232 Å². The highest BCUT2D eigenvalue weighted by Crippen LogP contribution is 2.39. The zero-order valence-corrected chi connectivity index (χ0v) is 18.3. The molecule has 15 nitrogen and oxygen atoms in total. The van der Waals surface area contributed by atoms with Gasteiger partial charge in [0.25, 0.3) is 5.60 Å². The fraction of sp³-hybridized carbons (Fsp3) is 0.368. The number of nitrogens with two attached hydrogens (primary N) is 1. The minimum Gasteiger partial charge on any atom is -0.479 e. The molecule has 1 aliphatic heterocycles. The lowest BCUT2D eigenvalue weighted by Crippen LogP contribution is -2.55. The summed E-state index contributed by atoms with van der Waals surface area (Å²) >= 11 is 5.86. The molecule has 184 valence electrons. The van der Waals surface area contributed by atoms with Gasteiger partial charge >= 0.3 is 11.9 Å². The second-order valence-electron chi connectivity index (χ2n) is 7.64. The lowest BCUT2D eigenvalue weighted by Gasteiger charge is -2.29. The van der Waals surface area contributed by atoms with Crippen molar-refractivity contribution in [2.24, 2.45) is 0 Å². The first-order chi connectivity index (χ1) is 16.5. The Morgan fingerprint density at radius 1 is 1.40 bits per heavy atom. The molecule has 1 saturated heterocycles. The molecule has 1 fully saturated rings. The summed E-state index contributed by atoms with van der Waals surface area (Å²) < 4.78 is 12.2. The first kappa shape index (κ1) is 24.3. The first-order valence-corrected chi connectivity index (χ1v) is 10.2. The van der Waals surface area contributed by atoms with Crippen LogP contribution < -0.4 is 5.73 Å².